The first-order valence-electron chi connectivity index (χ1n) is 5.53. The van der Waals surface area contributed by atoms with Crippen LogP contribution in [0.25, 0.3) is 5.69 Å². The number of carbonyl (C=O) groups is 2. The van der Waals surface area contributed by atoms with Gasteiger partial charge in [-0.1, -0.05) is 0 Å². The van der Waals surface area contributed by atoms with Crippen LogP contribution in [0.1, 0.15) is 16.6 Å². The summed E-state index contributed by atoms with van der Waals surface area (Å²) in [5.41, 5.74) is 0.437. The van der Waals surface area contributed by atoms with Crippen LogP contribution in [0.2, 0.25) is 0 Å². The van der Waals surface area contributed by atoms with Crippen LogP contribution in [0, 0.1) is 0 Å². The molecule has 0 aliphatic carbocycles. The van der Waals surface area contributed by atoms with Gasteiger partial charge < -0.3 is 15.5 Å². The first kappa shape index (κ1) is 14.1. The number of thiophene rings is 1. The number of carbonyl (C=O) groups excluding carboxylic acids is 1. The van der Waals surface area contributed by atoms with Crippen LogP contribution in [0.4, 0.5) is 0 Å². The standard InChI is InChI=1S/C10H11N5O4S/c1-5(16)7(10(18)19)12-9(17)8-6(2-3-20-8)15-4-11-13-14-15/h2-5,7,16H,1H3,(H,12,17)(H,18,19). The van der Waals surface area contributed by atoms with E-state index in [1.807, 2.05) is 0 Å². The third-order valence-corrected chi connectivity index (χ3v) is 3.38. The maximum atomic E-state index is 12.1. The zero-order chi connectivity index (χ0) is 14.7. The highest BCUT2D eigenvalue weighted by Gasteiger charge is 2.27. The molecule has 2 aromatic rings. The SMILES string of the molecule is CC(O)C(NC(=O)c1sccc1-n1cnnn1)C(=O)O. The Balaban J connectivity index is 2.22. The lowest BCUT2D eigenvalue weighted by Crippen LogP contribution is -2.47. The number of nitrogens with zero attached hydrogens (tertiary/aromatic N) is 4. The number of aliphatic carboxylic acids is 1. The molecule has 0 aromatic carbocycles. The highest BCUT2D eigenvalue weighted by atomic mass is 32.1. The average Bonchev–Trinajstić information content (AvgIpc) is 3.03. The lowest BCUT2D eigenvalue weighted by molar-refractivity contribution is -0.141. The minimum absolute atomic E-state index is 0.254. The number of rotatable bonds is 5. The summed E-state index contributed by atoms with van der Waals surface area (Å²) >= 11 is 1.12. The molecule has 2 atom stereocenters. The number of carboxylic acids is 1. The second-order valence-corrected chi connectivity index (χ2v) is 4.84. The molecule has 0 spiro atoms. The summed E-state index contributed by atoms with van der Waals surface area (Å²) in [5.74, 6) is -1.92. The molecule has 20 heavy (non-hydrogen) atoms. The molecule has 1 amide bonds. The fourth-order valence-corrected chi connectivity index (χ4v) is 2.30. The van der Waals surface area contributed by atoms with E-state index in [0.29, 0.717) is 5.69 Å². The second-order valence-electron chi connectivity index (χ2n) is 3.92. The Bertz CT molecular complexity index is 609. The second kappa shape index (κ2) is 5.75. The van der Waals surface area contributed by atoms with Gasteiger partial charge in [0, 0.05) is 0 Å². The number of hydrogen-bond donors (Lipinski definition) is 3. The summed E-state index contributed by atoms with van der Waals surface area (Å²) in [6, 6.07) is 0.250. The summed E-state index contributed by atoms with van der Waals surface area (Å²) < 4.78 is 1.30. The van der Waals surface area contributed by atoms with Crippen molar-refractivity contribution in [1.82, 2.24) is 25.5 Å². The van der Waals surface area contributed by atoms with Gasteiger partial charge in [0.25, 0.3) is 5.91 Å². The molecule has 2 unspecified atom stereocenters. The van der Waals surface area contributed by atoms with Gasteiger partial charge in [-0.05, 0) is 28.8 Å². The van der Waals surface area contributed by atoms with E-state index < -0.39 is 24.0 Å². The Kier molecular flexibility index (Phi) is 4.05. The highest BCUT2D eigenvalue weighted by Crippen LogP contribution is 2.20. The maximum absolute atomic E-state index is 12.1. The van der Waals surface area contributed by atoms with Gasteiger partial charge in [0.1, 0.15) is 11.2 Å². The maximum Gasteiger partial charge on any atom is 0.328 e. The van der Waals surface area contributed by atoms with Crippen LogP contribution in [0.5, 0.6) is 0 Å². The Hall–Kier alpha value is -2.33. The normalized spacial score (nSPS) is 13.7. The quantitative estimate of drug-likeness (QED) is 0.664. The Labute approximate surface area is 116 Å². The largest absolute Gasteiger partial charge is 0.480 e. The van der Waals surface area contributed by atoms with E-state index >= 15 is 0 Å². The molecule has 10 heteroatoms. The zero-order valence-electron chi connectivity index (χ0n) is 10.3. The summed E-state index contributed by atoms with van der Waals surface area (Å²) in [5, 5.41) is 32.8. The third kappa shape index (κ3) is 2.81. The molecule has 0 fully saturated rings. The smallest absolute Gasteiger partial charge is 0.328 e. The molecule has 2 aromatic heterocycles. The summed E-state index contributed by atoms with van der Waals surface area (Å²) in [4.78, 5) is 23.3. The number of tetrazole rings is 1. The summed E-state index contributed by atoms with van der Waals surface area (Å²) in [7, 11) is 0. The van der Waals surface area contributed by atoms with E-state index in [1.165, 1.54) is 17.9 Å². The van der Waals surface area contributed by atoms with Crippen LogP contribution >= 0.6 is 11.3 Å². The van der Waals surface area contributed by atoms with Gasteiger partial charge in [0.15, 0.2) is 6.04 Å². The minimum Gasteiger partial charge on any atom is -0.480 e. The molecule has 106 valence electrons. The molecule has 0 saturated heterocycles. The molecule has 9 nitrogen and oxygen atoms in total. The van der Waals surface area contributed by atoms with Crippen molar-refractivity contribution in [2.75, 3.05) is 0 Å². The molecule has 0 aliphatic rings. The van der Waals surface area contributed by atoms with Crippen molar-refractivity contribution in [2.45, 2.75) is 19.1 Å². The number of aliphatic hydroxyl groups excluding tert-OH is 1. The van der Waals surface area contributed by atoms with Crippen molar-refractivity contribution in [2.24, 2.45) is 0 Å². The molecule has 0 bridgehead atoms. The summed E-state index contributed by atoms with van der Waals surface area (Å²) in [6.07, 6.45) is 0.107. The molecule has 2 rings (SSSR count). The monoisotopic (exact) mass is 297 g/mol. The molecular weight excluding hydrogens is 286 g/mol. The van der Waals surface area contributed by atoms with E-state index in [1.54, 1.807) is 11.4 Å². The van der Waals surface area contributed by atoms with Crippen LogP contribution in [-0.4, -0.2) is 54.4 Å². The van der Waals surface area contributed by atoms with Gasteiger partial charge in [-0.25, -0.2) is 4.79 Å². The topological polar surface area (TPSA) is 130 Å². The Morgan fingerprint density at radius 3 is 2.80 bits per heavy atom. The van der Waals surface area contributed by atoms with E-state index in [-0.39, 0.29) is 4.88 Å². The number of aromatic nitrogens is 4. The Morgan fingerprint density at radius 2 is 2.25 bits per heavy atom. The van der Waals surface area contributed by atoms with Gasteiger partial charge in [-0.2, -0.15) is 4.68 Å². The molecule has 0 aliphatic heterocycles. The predicted octanol–water partition coefficient (Wildman–Crippen LogP) is -0.712. The number of hydrogen-bond acceptors (Lipinski definition) is 7. The Morgan fingerprint density at radius 1 is 1.50 bits per heavy atom. The minimum atomic E-state index is -1.38. The molecule has 3 N–H and O–H groups in total. The number of nitrogens with one attached hydrogen (secondary N) is 1. The van der Waals surface area contributed by atoms with Crippen LogP contribution in [0.3, 0.4) is 0 Å². The van der Waals surface area contributed by atoms with Crippen molar-refractivity contribution in [3.63, 3.8) is 0 Å². The zero-order valence-corrected chi connectivity index (χ0v) is 11.1. The van der Waals surface area contributed by atoms with E-state index in [0.717, 1.165) is 11.3 Å². The number of amides is 1. The van der Waals surface area contributed by atoms with Crippen LogP contribution < -0.4 is 5.32 Å². The van der Waals surface area contributed by atoms with Gasteiger partial charge in [0.05, 0.1) is 11.8 Å². The fourth-order valence-electron chi connectivity index (χ4n) is 1.52. The van der Waals surface area contributed by atoms with Gasteiger partial charge >= 0.3 is 5.97 Å². The van der Waals surface area contributed by atoms with E-state index in [9.17, 15) is 14.7 Å². The third-order valence-electron chi connectivity index (χ3n) is 2.48. The average molecular weight is 297 g/mol. The van der Waals surface area contributed by atoms with Crippen molar-refractivity contribution in [1.29, 1.82) is 0 Å². The molecule has 0 saturated carbocycles. The van der Waals surface area contributed by atoms with Crippen molar-refractivity contribution >= 4 is 23.2 Å². The molecule has 0 radical (unpaired) electrons. The van der Waals surface area contributed by atoms with E-state index in [2.05, 4.69) is 20.8 Å². The predicted molar refractivity (Wildman–Crippen MR) is 67.6 cm³/mol. The first-order valence-corrected chi connectivity index (χ1v) is 6.41. The van der Waals surface area contributed by atoms with Crippen molar-refractivity contribution in [3.05, 3.63) is 22.7 Å². The number of carboxylic acid groups (broad SMARTS) is 1. The van der Waals surface area contributed by atoms with Gasteiger partial charge in [0.2, 0.25) is 0 Å². The fraction of sp³-hybridized carbons (Fsp3) is 0.300. The van der Waals surface area contributed by atoms with E-state index in [4.69, 9.17) is 5.11 Å². The van der Waals surface area contributed by atoms with Crippen molar-refractivity contribution < 1.29 is 19.8 Å². The lowest BCUT2D eigenvalue weighted by Gasteiger charge is -2.16. The highest BCUT2D eigenvalue weighted by molar-refractivity contribution is 7.12. The summed E-state index contributed by atoms with van der Waals surface area (Å²) in [6.45, 7) is 1.29. The van der Waals surface area contributed by atoms with Crippen LogP contribution in [0.15, 0.2) is 17.8 Å². The van der Waals surface area contributed by atoms with Gasteiger partial charge in [-0.15, -0.1) is 16.4 Å². The van der Waals surface area contributed by atoms with Crippen LogP contribution in [-0.2, 0) is 4.79 Å². The van der Waals surface area contributed by atoms with Gasteiger partial charge in [-0.3, -0.25) is 4.79 Å². The lowest BCUT2D eigenvalue weighted by atomic mass is 10.2. The van der Waals surface area contributed by atoms with Crippen molar-refractivity contribution in [3.8, 4) is 5.69 Å². The molecule has 2 heterocycles. The number of aliphatic hydroxyl groups is 1. The molecular formula is C10H11N5O4S. The first-order chi connectivity index (χ1) is 9.50.